The molecular formula is C60H68N8O5. The second-order valence-electron chi connectivity index (χ2n) is 17.9. The van der Waals surface area contributed by atoms with Crippen LogP contribution in [-0.2, 0) is 24.2 Å². The summed E-state index contributed by atoms with van der Waals surface area (Å²) in [5.74, 6) is 4.37. The predicted molar refractivity (Wildman–Crippen MR) is 290 cm³/mol. The number of pyridine rings is 2. The van der Waals surface area contributed by atoms with Gasteiger partial charge in [0.25, 0.3) is 0 Å². The van der Waals surface area contributed by atoms with Gasteiger partial charge in [0.15, 0.2) is 22.9 Å². The number of methoxy groups -OCH3 is 2. The van der Waals surface area contributed by atoms with Gasteiger partial charge >= 0.3 is 0 Å². The summed E-state index contributed by atoms with van der Waals surface area (Å²) in [7, 11) is 4.34. The number of aliphatic hydroxyl groups excluding tert-OH is 1. The van der Waals surface area contributed by atoms with Gasteiger partial charge in [0.1, 0.15) is 30.5 Å². The van der Waals surface area contributed by atoms with Crippen molar-refractivity contribution >= 4 is 11.3 Å². The van der Waals surface area contributed by atoms with Gasteiger partial charge in [-0.3, -0.25) is 9.80 Å². The van der Waals surface area contributed by atoms with Crippen molar-refractivity contribution in [1.29, 1.82) is 0 Å². The second-order valence-corrected chi connectivity index (χ2v) is 17.9. The van der Waals surface area contributed by atoms with E-state index in [1.807, 2.05) is 118 Å². The smallest absolute Gasteiger partial charge is 0.156 e. The van der Waals surface area contributed by atoms with Crippen LogP contribution in [0.5, 0.6) is 17.2 Å². The van der Waals surface area contributed by atoms with Gasteiger partial charge in [-0.15, -0.1) is 0 Å². The number of fused-ring (bicyclic) bond motifs is 2. The topological polar surface area (TPSA) is 124 Å². The van der Waals surface area contributed by atoms with Crippen molar-refractivity contribution in [2.45, 2.75) is 45.1 Å². The summed E-state index contributed by atoms with van der Waals surface area (Å²) in [6.45, 7) is 9.00. The Hall–Kier alpha value is -7.42. The Balaban J connectivity index is 0.000000158. The summed E-state index contributed by atoms with van der Waals surface area (Å²) in [4.78, 5) is 14.4. The number of hydrogen-bond acceptors (Lipinski definition) is 11. The number of benzene rings is 5. The Morgan fingerprint density at radius 1 is 0.438 bits per heavy atom. The second kappa shape index (κ2) is 27.4. The molecule has 2 saturated heterocycles. The van der Waals surface area contributed by atoms with Crippen LogP contribution < -0.4 is 14.2 Å². The molecule has 0 saturated carbocycles. The number of aromatic nitrogens is 6. The number of aliphatic hydroxyl groups is 1. The van der Waals surface area contributed by atoms with Crippen LogP contribution >= 0.6 is 0 Å². The van der Waals surface area contributed by atoms with Crippen molar-refractivity contribution in [3.8, 4) is 39.8 Å². The zero-order valence-electron chi connectivity index (χ0n) is 42.4. The Morgan fingerprint density at radius 2 is 0.836 bits per heavy atom. The molecule has 0 atom stereocenters. The van der Waals surface area contributed by atoms with E-state index >= 15 is 0 Å². The molecule has 2 fully saturated rings. The molecule has 6 heterocycles. The maximum absolute atomic E-state index is 7.00. The van der Waals surface area contributed by atoms with Crippen molar-refractivity contribution in [2.24, 2.45) is 0 Å². The molecule has 2 aliphatic heterocycles. The normalized spacial score (nSPS) is 13.4. The number of nitrogens with zero attached hydrogens (tertiary/aromatic N) is 8. The van der Waals surface area contributed by atoms with E-state index in [-0.39, 0.29) is 0 Å². The number of ether oxygens (including phenoxy) is 4. The lowest BCUT2D eigenvalue weighted by Crippen LogP contribution is -2.25. The Kier molecular flexibility index (Phi) is 19.5. The molecule has 2 aliphatic rings. The molecule has 4 aromatic heterocycles. The average Bonchev–Trinajstić information content (AvgIpc) is 4.31. The van der Waals surface area contributed by atoms with Crippen molar-refractivity contribution < 1.29 is 24.1 Å². The third kappa shape index (κ3) is 15.1. The minimum Gasteiger partial charge on any atom is -0.497 e. The van der Waals surface area contributed by atoms with Crippen molar-refractivity contribution in [3.05, 3.63) is 198 Å². The highest BCUT2D eigenvalue weighted by Crippen LogP contribution is 2.23. The third-order valence-electron chi connectivity index (χ3n) is 12.7. The minimum absolute atomic E-state index is 0.657. The van der Waals surface area contributed by atoms with Crippen LogP contribution in [0.15, 0.2) is 170 Å². The lowest BCUT2D eigenvalue weighted by molar-refractivity contribution is 0.185. The molecule has 5 aromatic carbocycles. The van der Waals surface area contributed by atoms with Crippen LogP contribution in [0.25, 0.3) is 33.8 Å². The molecule has 13 heteroatoms. The number of likely N-dealkylation sites (tertiary alicyclic amines) is 2. The van der Waals surface area contributed by atoms with Gasteiger partial charge in [0, 0.05) is 51.3 Å². The van der Waals surface area contributed by atoms with Gasteiger partial charge in [-0.2, -0.15) is 10.2 Å². The summed E-state index contributed by atoms with van der Waals surface area (Å²) in [6, 6.07) is 57.3. The van der Waals surface area contributed by atoms with Gasteiger partial charge in [-0.25, -0.2) is 19.0 Å². The first-order valence-corrected chi connectivity index (χ1v) is 25.3. The molecule has 11 rings (SSSR count). The average molecular weight is 981 g/mol. The first kappa shape index (κ1) is 51.9. The Bertz CT molecular complexity index is 2810. The van der Waals surface area contributed by atoms with E-state index in [1.54, 1.807) is 14.2 Å². The summed E-state index contributed by atoms with van der Waals surface area (Å²) in [5.41, 5.74) is 9.63. The van der Waals surface area contributed by atoms with Gasteiger partial charge in [-0.1, -0.05) is 109 Å². The molecule has 378 valence electrons. The molecule has 0 radical (unpaired) electrons. The molecule has 13 nitrogen and oxygen atoms in total. The van der Waals surface area contributed by atoms with Gasteiger partial charge in [-0.05, 0) is 129 Å². The highest BCUT2D eigenvalue weighted by Gasteiger charge is 2.14. The minimum atomic E-state index is 0.657. The lowest BCUT2D eigenvalue weighted by atomic mass is 10.1. The number of rotatable bonds is 17. The maximum Gasteiger partial charge on any atom is 0.156 e. The van der Waals surface area contributed by atoms with Crippen LogP contribution in [0, 0.1) is 0 Å². The largest absolute Gasteiger partial charge is 0.497 e. The molecule has 0 spiro atoms. The maximum atomic E-state index is 7.00. The van der Waals surface area contributed by atoms with Gasteiger partial charge in [0.2, 0.25) is 0 Å². The van der Waals surface area contributed by atoms with E-state index < -0.39 is 0 Å². The molecule has 0 bridgehead atoms. The molecule has 0 amide bonds. The highest BCUT2D eigenvalue weighted by atomic mass is 16.5. The zero-order chi connectivity index (χ0) is 50.5. The van der Waals surface area contributed by atoms with Crippen LogP contribution in [0.4, 0.5) is 0 Å². The predicted octanol–water partition coefficient (Wildman–Crippen LogP) is 10.4. The van der Waals surface area contributed by atoms with Gasteiger partial charge < -0.3 is 24.1 Å². The van der Waals surface area contributed by atoms with Crippen molar-refractivity contribution in [1.82, 2.24) is 39.0 Å². The fourth-order valence-electron chi connectivity index (χ4n) is 8.96. The van der Waals surface area contributed by atoms with Gasteiger partial charge in [0.05, 0.1) is 25.1 Å². The van der Waals surface area contributed by atoms with E-state index in [0.717, 1.165) is 102 Å². The standard InChI is InChI=1S/2C25H26N4O.C9H12O2.CH4O/c2*1-2-7-21(8-3-1)23-9-6-10-25-26-24(27-29(23)25)19-20-11-13-22(14-12-20)30-18-17-28-15-4-5-16-28;1-10-7-8-3-5-9(11-2)6-4-8;1-2/h2*1-3,6-14H,4-5,15-19H2;3-6H,7H2,1-2H3;2H,1H3. The highest BCUT2D eigenvalue weighted by molar-refractivity contribution is 5.64. The molecule has 0 unspecified atom stereocenters. The van der Waals surface area contributed by atoms with Crippen LogP contribution in [0.2, 0.25) is 0 Å². The molecule has 9 aromatic rings. The van der Waals surface area contributed by atoms with Crippen LogP contribution in [0.3, 0.4) is 0 Å². The van der Waals surface area contributed by atoms with Crippen molar-refractivity contribution in [2.75, 3.05) is 73.8 Å². The van der Waals surface area contributed by atoms with E-state index in [4.69, 9.17) is 44.2 Å². The first-order chi connectivity index (χ1) is 36.1. The fourth-order valence-corrected chi connectivity index (χ4v) is 8.96. The zero-order valence-corrected chi connectivity index (χ0v) is 42.4. The summed E-state index contributed by atoms with van der Waals surface area (Å²) >= 11 is 0. The van der Waals surface area contributed by atoms with Crippen molar-refractivity contribution in [3.63, 3.8) is 0 Å². The molecular weight excluding hydrogens is 913 g/mol. The van der Waals surface area contributed by atoms with E-state index in [9.17, 15) is 0 Å². The van der Waals surface area contributed by atoms with Crippen LogP contribution in [0.1, 0.15) is 54.0 Å². The molecule has 0 aliphatic carbocycles. The van der Waals surface area contributed by atoms with Crippen LogP contribution in [-0.4, -0.2) is 118 Å². The summed E-state index contributed by atoms with van der Waals surface area (Å²) < 4.78 is 25.6. The number of hydrogen-bond donors (Lipinski definition) is 1. The van der Waals surface area contributed by atoms with E-state index in [1.165, 1.54) is 63.0 Å². The first-order valence-electron chi connectivity index (χ1n) is 25.3. The molecule has 73 heavy (non-hydrogen) atoms. The Labute approximate surface area is 429 Å². The lowest BCUT2D eigenvalue weighted by Gasteiger charge is -2.14. The van der Waals surface area contributed by atoms with E-state index in [0.29, 0.717) is 19.4 Å². The summed E-state index contributed by atoms with van der Waals surface area (Å²) in [6.07, 6.45) is 6.67. The molecule has 1 N–H and O–H groups in total. The summed E-state index contributed by atoms with van der Waals surface area (Å²) in [5, 5.41) is 16.5. The Morgan fingerprint density at radius 3 is 1.23 bits per heavy atom. The SMILES string of the molecule is CO.COCc1ccc(OC)cc1.c1ccc(-c2cccc3nc(Cc4ccc(OCCN5CCCC5)cc4)nn23)cc1.c1ccc(-c2cccc3nc(Cc4ccc(OCCN5CCCC5)cc4)nn23)cc1. The van der Waals surface area contributed by atoms with E-state index in [2.05, 4.69) is 70.5 Å². The fraction of sp³-hybridized carbons (Fsp3) is 0.300. The monoisotopic (exact) mass is 981 g/mol. The quantitative estimate of drug-likeness (QED) is 0.0938. The third-order valence-corrected chi connectivity index (χ3v) is 12.7.